The molecular formula is C11H15BrN6. The maximum Gasteiger partial charge on any atom is 0.158 e. The molecule has 2 aromatic rings. The first-order valence-corrected chi connectivity index (χ1v) is 6.48. The Kier molecular flexibility index (Phi) is 3.60. The van der Waals surface area contributed by atoms with E-state index in [9.17, 15) is 0 Å². The molecule has 0 aliphatic carbocycles. The minimum absolute atomic E-state index is 0.668. The number of anilines is 1. The number of hydrogen-bond donors (Lipinski definition) is 1. The second-order valence-electron chi connectivity index (χ2n) is 3.97. The summed E-state index contributed by atoms with van der Waals surface area (Å²) >= 11 is 3.39. The van der Waals surface area contributed by atoms with Gasteiger partial charge in [-0.05, 0) is 36.7 Å². The van der Waals surface area contributed by atoms with Crippen molar-refractivity contribution in [3.63, 3.8) is 0 Å². The molecule has 6 nitrogen and oxygen atoms in total. The van der Waals surface area contributed by atoms with E-state index < -0.39 is 0 Å². The van der Waals surface area contributed by atoms with E-state index in [2.05, 4.69) is 41.5 Å². The van der Waals surface area contributed by atoms with Crippen LogP contribution in [0.25, 0.3) is 11.4 Å². The van der Waals surface area contributed by atoms with Crippen molar-refractivity contribution in [1.82, 2.24) is 25.0 Å². The lowest BCUT2D eigenvalue weighted by Crippen LogP contribution is -2.08. The highest BCUT2D eigenvalue weighted by Crippen LogP contribution is 2.29. The summed E-state index contributed by atoms with van der Waals surface area (Å²) in [5.74, 6) is 0.756. The minimum atomic E-state index is 0.668. The van der Waals surface area contributed by atoms with E-state index in [1.54, 1.807) is 4.68 Å². The zero-order valence-electron chi connectivity index (χ0n) is 10.8. The second kappa shape index (κ2) is 5.01. The molecule has 2 aromatic heterocycles. The molecule has 2 rings (SSSR count). The largest absolute Gasteiger partial charge is 0.368 e. The average Bonchev–Trinajstić information content (AvgIpc) is 2.64. The number of nitrogens with one attached hydrogen (secondary N) is 1. The highest BCUT2D eigenvalue weighted by molar-refractivity contribution is 9.10. The molecule has 0 amide bonds. The van der Waals surface area contributed by atoms with Crippen molar-refractivity contribution in [3.8, 4) is 11.4 Å². The summed E-state index contributed by atoms with van der Waals surface area (Å²) in [6.45, 7) is 6.70. The zero-order chi connectivity index (χ0) is 13.3. The molecule has 0 bridgehead atoms. The predicted octanol–water partition coefficient (Wildman–Crippen LogP) is 2.08. The van der Waals surface area contributed by atoms with E-state index in [0.29, 0.717) is 4.60 Å². The highest BCUT2D eigenvalue weighted by Gasteiger charge is 2.18. The maximum absolute atomic E-state index is 4.60. The van der Waals surface area contributed by atoms with Gasteiger partial charge in [0.1, 0.15) is 11.4 Å². The third-order valence-electron chi connectivity index (χ3n) is 2.66. The molecule has 96 valence electrons. The normalized spacial score (nSPS) is 10.7. The van der Waals surface area contributed by atoms with Crippen LogP contribution in [0.2, 0.25) is 0 Å². The molecule has 18 heavy (non-hydrogen) atoms. The fourth-order valence-corrected chi connectivity index (χ4v) is 2.16. The van der Waals surface area contributed by atoms with Gasteiger partial charge in [-0.15, -0.1) is 5.10 Å². The third kappa shape index (κ3) is 2.22. The van der Waals surface area contributed by atoms with Gasteiger partial charge in [0.2, 0.25) is 0 Å². The first-order valence-electron chi connectivity index (χ1n) is 5.69. The molecule has 0 aromatic carbocycles. The van der Waals surface area contributed by atoms with Gasteiger partial charge in [0, 0.05) is 13.6 Å². The summed E-state index contributed by atoms with van der Waals surface area (Å²) in [5.41, 5.74) is 3.40. The van der Waals surface area contributed by atoms with Crippen molar-refractivity contribution in [2.75, 3.05) is 11.9 Å². The molecule has 0 aliphatic heterocycles. The predicted molar refractivity (Wildman–Crippen MR) is 73.4 cm³/mol. The molecule has 2 heterocycles. The van der Waals surface area contributed by atoms with Gasteiger partial charge in [0.15, 0.2) is 10.4 Å². The molecule has 0 fully saturated rings. The Morgan fingerprint density at radius 3 is 2.44 bits per heavy atom. The van der Waals surface area contributed by atoms with Crippen LogP contribution in [0.5, 0.6) is 0 Å². The van der Waals surface area contributed by atoms with Crippen LogP contribution in [0.15, 0.2) is 4.60 Å². The molecule has 0 aliphatic rings. The number of hydrogen-bond acceptors (Lipinski definition) is 5. The summed E-state index contributed by atoms with van der Waals surface area (Å²) in [4.78, 5) is 9.14. The average molecular weight is 311 g/mol. The van der Waals surface area contributed by atoms with Crippen molar-refractivity contribution >= 4 is 21.7 Å². The van der Waals surface area contributed by atoms with Gasteiger partial charge in [-0.2, -0.15) is 0 Å². The number of halogens is 1. The monoisotopic (exact) mass is 310 g/mol. The van der Waals surface area contributed by atoms with Gasteiger partial charge < -0.3 is 5.32 Å². The lowest BCUT2D eigenvalue weighted by molar-refractivity contribution is 0.718. The van der Waals surface area contributed by atoms with Crippen molar-refractivity contribution in [2.24, 2.45) is 7.05 Å². The molecule has 0 saturated heterocycles. The fourth-order valence-electron chi connectivity index (χ4n) is 1.64. The lowest BCUT2D eigenvalue weighted by atomic mass is 10.2. The molecule has 0 spiro atoms. The number of nitrogens with zero attached hydrogens (tertiary/aromatic N) is 5. The van der Waals surface area contributed by atoms with E-state index in [1.807, 2.05) is 27.8 Å². The van der Waals surface area contributed by atoms with Crippen molar-refractivity contribution in [3.05, 3.63) is 16.0 Å². The Labute approximate surface area is 114 Å². The summed E-state index contributed by atoms with van der Waals surface area (Å²) in [7, 11) is 1.83. The van der Waals surface area contributed by atoms with Crippen LogP contribution in [0.1, 0.15) is 18.3 Å². The molecule has 7 heteroatoms. The Bertz CT molecular complexity index is 558. The quantitative estimate of drug-likeness (QED) is 0.940. The first-order chi connectivity index (χ1) is 8.54. The van der Waals surface area contributed by atoms with Crippen LogP contribution in [0.3, 0.4) is 0 Å². The molecular weight excluding hydrogens is 296 g/mol. The third-order valence-corrected chi connectivity index (χ3v) is 3.20. The molecule has 0 atom stereocenters. The van der Waals surface area contributed by atoms with E-state index in [0.717, 1.165) is 35.1 Å². The van der Waals surface area contributed by atoms with Crippen molar-refractivity contribution in [1.29, 1.82) is 0 Å². The number of rotatable bonds is 3. The molecule has 0 radical (unpaired) electrons. The summed E-state index contributed by atoms with van der Waals surface area (Å²) < 4.78 is 2.35. The smallest absolute Gasteiger partial charge is 0.158 e. The minimum Gasteiger partial charge on any atom is -0.368 e. The Morgan fingerprint density at radius 1 is 1.22 bits per heavy atom. The lowest BCUT2D eigenvalue weighted by Gasteiger charge is -2.11. The van der Waals surface area contributed by atoms with Crippen LogP contribution >= 0.6 is 15.9 Å². The Morgan fingerprint density at radius 2 is 1.89 bits per heavy atom. The number of aryl methyl sites for hydroxylation is 3. The standard InChI is InChI=1S/C11H15BrN6/c1-5-13-11-8(14-6(2)7(3)15-11)9-10(12)16-17-18(9)4/h5H2,1-4H3,(H,13,15). The first kappa shape index (κ1) is 12.9. The van der Waals surface area contributed by atoms with Crippen LogP contribution in [-0.2, 0) is 7.05 Å². The van der Waals surface area contributed by atoms with Gasteiger partial charge in [-0.25, -0.2) is 14.6 Å². The summed E-state index contributed by atoms with van der Waals surface area (Å²) in [6, 6.07) is 0. The molecule has 0 saturated carbocycles. The SMILES string of the molecule is CCNc1nc(C)c(C)nc1-c1c(Br)nnn1C. The van der Waals surface area contributed by atoms with E-state index >= 15 is 0 Å². The van der Waals surface area contributed by atoms with Crippen molar-refractivity contribution in [2.45, 2.75) is 20.8 Å². The summed E-state index contributed by atoms with van der Waals surface area (Å²) in [5, 5.41) is 11.2. The van der Waals surface area contributed by atoms with Gasteiger partial charge in [0.05, 0.1) is 11.4 Å². The van der Waals surface area contributed by atoms with Crippen LogP contribution < -0.4 is 5.32 Å². The Hall–Kier alpha value is -1.50. The number of aromatic nitrogens is 5. The zero-order valence-corrected chi connectivity index (χ0v) is 12.4. The van der Waals surface area contributed by atoms with E-state index in [1.165, 1.54) is 0 Å². The van der Waals surface area contributed by atoms with Gasteiger partial charge in [-0.3, -0.25) is 0 Å². The fraction of sp³-hybridized carbons (Fsp3) is 0.455. The van der Waals surface area contributed by atoms with E-state index in [-0.39, 0.29) is 0 Å². The van der Waals surface area contributed by atoms with Gasteiger partial charge in [0.25, 0.3) is 0 Å². The maximum atomic E-state index is 4.60. The highest BCUT2D eigenvalue weighted by atomic mass is 79.9. The molecule has 1 N–H and O–H groups in total. The van der Waals surface area contributed by atoms with Crippen LogP contribution in [0, 0.1) is 13.8 Å². The van der Waals surface area contributed by atoms with Crippen molar-refractivity contribution < 1.29 is 0 Å². The van der Waals surface area contributed by atoms with Crippen LogP contribution in [0.4, 0.5) is 5.82 Å². The molecule has 0 unspecified atom stereocenters. The van der Waals surface area contributed by atoms with Gasteiger partial charge in [-0.1, -0.05) is 5.21 Å². The van der Waals surface area contributed by atoms with E-state index in [4.69, 9.17) is 0 Å². The van der Waals surface area contributed by atoms with Crippen LogP contribution in [-0.4, -0.2) is 31.5 Å². The topological polar surface area (TPSA) is 68.5 Å². The van der Waals surface area contributed by atoms with Gasteiger partial charge >= 0.3 is 0 Å². The Balaban J connectivity index is 2.65. The second-order valence-corrected chi connectivity index (χ2v) is 4.73. The summed E-state index contributed by atoms with van der Waals surface area (Å²) in [6.07, 6.45) is 0.